The van der Waals surface area contributed by atoms with E-state index in [2.05, 4.69) is 62.4 Å². The van der Waals surface area contributed by atoms with Crippen LogP contribution in [0, 0.1) is 5.92 Å². The quantitative estimate of drug-likeness (QED) is 0.729. The van der Waals surface area contributed by atoms with E-state index in [1.807, 2.05) is 0 Å². The summed E-state index contributed by atoms with van der Waals surface area (Å²) in [5.41, 5.74) is 2.92. The highest BCUT2D eigenvalue weighted by Gasteiger charge is 2.02. The molecule has 2 nitrogen and oxygen atoms in total. The van der Waals surface area contributed by atoms with Gasteiger partial charge in [0.2, 0.25) is 0 Å². The number of benzene rings is 1. The first-order valence-electron chi connectivity index (χ1n) is 6.52. The summed E-state index contributed by atoms with van der Waals surface area (Å²) < 4.78 is 0. The van der Waals surface area contributed by atoms with Crippen LogP contribution < -0.4 is 5.32 Å². The molecule has 17 heavy (non-hydrogen) atoms. The highest BCUT2D eigenvalue weighted by Crippen LogP contribution is 2.10. The number of hydrogen-bond acceptors (Lipinski definition) is 2. The van der Waals surface area contributed by atoms with Crippen LogP contribution in [0.4, 0.5) is 0 Å². The Kier molecular flexibility index (Phi) is 6.23. The fraction of sp³-hybridized carbons (Fsp3) is 0.600. The number of rotatable bonds is 7. The maximum atomic E-state index is 3.50. The zero-order valence-corrected chi connectivity index (χ0v) is 11.7. The Morgan fingerprint density at radius 3 is 2.35 bits per heavy atom. The Morgan fingerprint density at radius 1 is 1.12 bits per heavy atom. The van der Waals surface area contributed by atoms with Crippen LogP contribution in [-0.4, -0.2) is 32.1 Å². The van der Waals surface area contributed by atoms with E-state index in [0.29, 0.717) is 0 Å². The summed E-state index contributed by atoms with van der Waals surface area (Å²) in [7, 11) is 4.24. The molecule has 1 aromatic rings. The van der Waals surface area contributed by atoms with Gasteiger partial charge in [0.1, 0.15) is 0 Å². The van der Waals surface area contributed by atoms with Crippen LogP contribution in [0.2, 0.25) is 0 Å². The Labute approximate surface area is 106 Å². The molecule has 0 aliphatic heterocycles. The fourth-order valence-electron chi connectivity index (χ4n) is 1.91. The first-order chi connectivity index (χ1) is 8.09. The highest BCUT2D eigenvalue weighted by atomic mass is 15.0. The van der Waals surface area contributed by atoms with Crippen molar-refractivity contribution in [3.63, 3.8) is 0 Å². The van der Waals surface area contributed by atoms with Gasteiger partial charge in [-0.2, -0.15) is 0 Å². The molecule has 1 aromatic carbocycles. The molecular weight excluding hydrogens is 208 g/mol. The number of nitrogens with one attached hydrogen (secondary N) is 1. The first kappa shape index (κ1) is 14.2. The van der Waals surface area contributed by atoms with Crippen molar-refractivity contribution in [3.05, 3.63) is 35.4 Å². The summed E-state index contributed by atoms with van der Waals surface area (Å²) in [5, 5.41) is 3.50. The van der Waals surface area contributed by atoms with Crippen molar-refractivity contribution >= 4 is 0 Å². The van der Waals surface area contributed by atoms with Crippen molar-refractivity contribution in [2.75, 3.05) is 27.2 Å². The first-order valence-corrected chi connectivity index (χ1v) is 6.52. The molecule has 0 radical (unpaired) electrons. The van der Waals surface area contributed by atoms with Gasteiger partial charge >= 0.3 is 0 Å². The lowest BCUT2D eigenvalue weighted by Gasteiger charge is -2.14. The fourth-order valence-corrected chi connectivity index (χ4v) is 1.91. The van der Waals surface area contributed by atoms with Crippen LogP contribution in [0.5, 0.6) is 0 Å². The lowest BCUT2D eigenvalue weighted by molar-refractivity contribution is 0.400. The average Bonchev–Trinajstić information content (AvgIpc) is 2.25. The van der Waals surface area contributed by atoms with Gasteiger partial charge in [0, 0.05) is 6.54 Å². The van der Waals surface area contributed by atoms with E-state index in [1.165, 1.54) is 11.1 Å². The van der Waals surface area contributed by atoms with Gasteiger partial charge < -0.3 is 10.2 Å². The molecule has 0 spiro atoms. The summed E-state index contributed by atoms with van der Waals surface area (Å²) in [5.74, 6) is 0.729. The van der Waals surface area contributed by atoms with E-state index in [4.69, 9.17) is 0 Å². The van der Waals surface area contributed by atoms with Crippen LogP contribution in [0.1, 0.15) is 25.0 Å². The smallest absolute Gasteiger partial charge is 0.0230 e. The molecule has 0 saturated heterocycles. The Morgan fingerprint density at radius 2 is 1.76 bits per heavy atom. The minimum absolute atomic E-state index is 0.729. The van der Waals surface area contributed by atoms with Crippen LogP contribution in [0.15, 0.2) is 24.3 Å². The molecule has 0 atom stereocenters. The zero-order valence-electron chi connectivity index (χ0n) is 11.7. The minimum atomic E-state index is 0.729. The van der Waals surface area contributed by atoms with Gasteiger partial charge in [0.15, 0.2) is 0 Å². The summed E-state index contributed by atoms with van der Waals surface area (Å²) in [6, 6.07) is 8.74. The van der Waals surface area contributed by atoms with Gasteiger partial charge in [-0.15, -0.1) is 0 Å². The largest absolute Gasteiger partial charge is 0.316 e. The third kappa shape index (κ3) is 5.85. The molecule has 1 N–H and O–H groups in total. The lowest BCUT2D eigenvalue weighted by Crippen LogP contribution is -2.22. The maximum absolute atomic E-state index is 3.50. The standard InChI is InChI=1S/C15H26N2/c1-13(2)11-16-10-9-14-7-5-6-8-15(14)12-17(3)4/h5-8,13,16H,9-12H2,1-4H3. The van der Waals surface area contributed by atoms with Crippen molar-refractivity contribution in [2.24, 2.45) is 5.92 Å². The molecule has 0 bridgehead atoms. The van der Waals surface area contributed by atoms with Crippen molar-refractivity contribution in [1.82, 2.24) is 10.2 Å². The van der Waals surface area contributed by atoms with Crippen LogP contribution >= 0.6 is 0 Å². The average molecular weight is 234 g/mol. The van der Waals surface area contributed by atoms with E-state index >= 15 is 0 Å². The van der Waals surface area contributed by atoms with Crippen molar-refractivity contribution < 1.29 is 0 Å². The van der Waals surface area contributed by atoms with Gasteiger partial charge in [-0.3, -0.25) is 0 Å². The van der Waals surface area contributed by atoms with Gasteiger partial charge in [0.05, 0.1) is 0 Å². The Hall–Kier alpha value is -0.860. The van der Waals surface area contributed by atoms with Crippen molar-refractivity contribution in [3.8, 4) is 0 Å². The van der Waals surface area contributed by atoms with Crippen LogP contribution in [0.3, 0.4) is 0 Å². The number of nitrogens with zero attached hydrogens (tertiary/aromatic N) is 1. The van der Waals surface area contributed by atoms with Crippen LogP contribution in [0.25, 0.3) is 0 Å². The molecule has 1 rings (SSSR count). The van der Waals surface area contributed by atoms with E-state index in [1.54, 1.807) is 0 Å². The summed E-state index contributed by atoms with van der Waals surface area (Å²) in [6.45, 7) is 7.69. The Bertz CT molecular complexity index is 318. The second-order valence-corrected chi connectivity index (χ2v) is 5.35. The van der Waals surface area contributed by atoms with Gasteiger partial charge in [0.25, 0.3) is 0 Å². The third-order valence-corrected chi connectivity index (χ3v) is 2.73. The van der Waals surface area contributed by atoms with E-state index < -0.39 is 0 Å². The second kappa shape index (κ2) is 7.46. The summed E-state index contributed by atoms with van der Waals surface area (Å²) in [6.07, 6.45) is 1.12. The molecule has 0 unspecified atom stereocenters. The zero-order chi connectivity index (χ0) is 12.7. The normalized spacial score (nSPS) is 11.4. The van der Waals surface area contributed by atoms with E-state index in [-0.39, 0.29) is 0 Å². The third-order valence-electron chi connectivity index (χ3n) is 2.73. The molecule has 0 heterocycles. The molecule has 0 saturated carbocycles. The molecule has 0 aliphatic rings. The Balaban J connectivity index is 2.46. The van der Waals surface area contributed by atoms with Crippen LogP contribution in [-0.2, 0) is 13.0 Å². The minimum Gasteiger partial charge on any atom is -0.316 e. The molecule has 0 amide bonds. The number of hydrogen-bond donors (Lipinski definition) is 1. The van der Waals surface area contributed by atoms with E-state index in [0.717, 1.165) is 32.0 Å². The lowest BCUT2D eigenvalue weighted by atomic mass is 10.0. The van der Waals surface area contributed by atoms with Gasteiger partial charge in [-0.25, -0.2) is 0 Å². The van der Waals surface area contributed by atoms with Crippen molar-refractivity contribution in [1.29, 1.82) is 0 Å². The second-order valence-electron chi connectivity index (χ2n) is 5.35. The van der Waals surface area contributed by atoms with Gasteiger partial charge in [-0.05, 0) is 50.7 Å². The molecule has 0 fully saturated rings. The predicted molar refractivity (Wildman–Crippen MR) is 75.2 cm³/mol. The summed E-state index contributed by atoms with van der Waals surface area (Å²) >= 11 is 0. The molecular formula is C15H26N2. The molecule has 96 valence electrons. The van der Waals surface area contributed by atoms with Crippen molar-refractivity contribution in [2.45, 2.75) is 26.8 Å². The SMILES string of the molecule is CC(C)CNCCc1ccccc1CN(C)C. The summed E-state index contributed by atoms with van der Waals surface area (Å²) in [4.78, 5) is 2.22. The predicted octanol–water partition coefficient (Wildman–Crippen LogP) is 2.54. The molecule has 2 heteroatoms. The topological polar surface area (TPSA) is 15.3 Å². The molecule has 0 aliphatic carbocycles. The van der Waals surface area contributed by atoms with E-state index in [9.17, 15) is 0 Å². The maximum Gasteiger partial charge on any atom is 0.0230 e. The van der Waals surface area contributed by atoms with Gasteiger partial charge in [-0.1, -0.05) is 38.1 Å². The monoisotopic (exact) mass is 234 g/mol. The highest BCUT2D eigenvalue weighted by molar-refractivity contribution is 5.27. The molecule has 0 aromatic heterocycles.